The molecule has 0 spiro atoms. The molecule has 1 aromatic carbocycles. The highest BCUT2D eigenvalue weighted by Gasteiger charge is 2.05. The number of nitrogens with one attached hydrogen (secondary N) is 1. The minimum Gasteiger partial charge on any atom is -0.495 e. The van der Waals surface area contributed by atoms with Crippen LogP contribution in [-0.2, 0) is 13.1 Å². The van der Waals surface area contributed by atoms with Gasteiger partial charge in [0.2, 0.25) is 0 Å². The van der Waals surface area contributed by atoms with E-state index in [1.165, 1.54) is 5.56 Å². The summed E-state index contributed by atoms with van der Waals surface area (Å²) in [5.41, 5.74) is 2.96. The molecular formula is C14H20N4O2. The van der Waals surface area contributed by atoms with E-state index in [1.54, 1.807) is 11.8 Å². The van der Waals surface area contributed by atoms with Crippen LogP contribution in [0.4, 0.5) is 5.69 Å². The van der Waals surface area contributed by atoms with Crippen LogP contribution in [0, 0.1) is 6.92 Å². The Balaban J connectivity index is 1.98. The van der Waals surface area contributed by atoms with Gasteiger partial charge in [0, 0.05) is 13.2 Å². The van der Waals surface area contributed by atoms with Gasteiger partial charge in [0.1, 0.15) is 11.4 Å². The number of anilines is 1. The molecule has 20 heavy (non-hydrogen) atoms. The van der Waals surface area contributed by atoms with Crippen molar-refractivity contribution in [3.8, 4) is 5.75 Å². The molecular weight excluding hydrogens is 256 g/mol. The molecule has 0 aliphatic heterocycles. The van der Waals surface area contributed by atoms with Gasteiger partial charge in [-0.15, -0.1) is 5.10 Å². The lowest BCUT2D eigenvalue weighted by molar-refractivity contribution is 0.276. The zero-order valence-electron chi connectivity index (χ0n) is 11.8. The summed E-state index contributed by atoms with van der Waals surface area (Å²) in [5.74, 6) is 0.809. The lowest BCUT2D eigenvalue weighted by Gasteiger charge is -2.10. The van der Waals surface area contributed by atoms with Crippen LogP contribution in [0.25, 0.3) is 0 Å². The quantitative estimate of drug-likeness (QED) is 0.803. The van der Waals surface area contributed by atoms with Gasteiger partial charge in [-0.05, 0) is 31.0 Å². The first-order valence-corrected chi connectivity index (χ1v) is 6.61. The zero-order valence-corrected chi connectivity index (χ0v) is 11.8. The summed E-state index contributed by atoms with van der Waals surface area (Å²) in [6.07, 6.45) is 2.56. The number of hydrogen-bond acceptors (Lipinski definition) is 5. The molecule has 0 aliphatic rings. The first kappa shape index (κ1) is 14.3. The van der Waals surface area contributed by atoms with E-state index < -0.39 is 0 Å². The molecule has 1 aromatic heterocycles. The van der Waals surface area contributed by atoms with Crippen molar-refractivity contribution in [2.24, 2.45) is 0 Å². The maximum atomic E-state index is 8.78. The molecule has 0 radical (unpaired) electrons. The third kappa shape index (κ3) is 3.71. The molecule has 0 saturated carbocycles. The second-order valence-electron chi connectivity index (χ2n) is 4.61. The Morgan fingerprint density at radius 2 is 2.25 bits per heavy atom. The predicted molar refractivity (Wildman–Crippen MR) is 76.8 cm³/mol. The minimum absolute atomic E-state index is 0.161. The van der Waals surface area contributed by atoms with Gasteiger partial charge < -0.3 is 15.2 Å². The number of aliphatic hydroxyl groups is 1. The molecule has 2 aromatic rings. The summed E-state index contributed by atoms with van der Waals surface area (Å²) >= 11 is 0. The van der Waals surface area contributed by atoms with Gasteiger partial charge >= 0.3 is 0 Å². The number of ether oxygens (including phenoxy) is 1. The Bertz CT molecular complexity index is 554. The van der Waals surface area contributed by atoms with Crippen molar-refractivity contribution in [2.75, 3.05) is 19.0 Å². The van der Waals surface area contributed by atoms with Crippen molar-refractivity contribution >= 4 is 5.69 Å². The fourth-order valence-corrected chi connectivity index (χ4v) is 1.91. The van der Waals surface area contributed by atoms with Gasteiger partial charge in [-0.25, -0.2) is 0 Å². The number of benzene rings is 1. The first-order valence-electron chi connectivity index (χ1n) is 6.61. The van der Waals surface area contributed by atoms with Crippen LogP contribution in [0.5, 0.6) is 5.75 Å². The minimum atomic E-state index is 0.161. The number of methoxy groups -OCH3 is 1. The summed E-state index contributed by atoms with van der Waals surface area (Å²) in [7, 11) is 1.65. The molecule has 0 amide bonds. The average Bonchev–Trinajstić information content (AvgIpc) is 2.91. The SMILES string of the molecule is COc1ccc(C)cc1NCc1cn(CCCO)nn1. The lowest BCUT2D eigenvalue weighted by atomic mass is 10.2. The number of aromatic nitrogens is 3. The number of hydrogen-bond donors (Lipinski definition) is 2. The molecule has 0 atom stereocenters. The highest BCUT2D eigenvalue weighted by molar-refractivity contribution is 5.57. The Kier molecular flexibility index (Phi) is 4.95. The standard InChI is InChI=1S/C14H20N4O2/c1-11-4-5-14(20-2)13(8-11)15-9-12-10-18(17-16-12)6-3-7-19/h4-5,8,10,15,19H,3,6-7,9H2,1-2H3. The van der Waals surface area contributed by atoms with Gasteiger partial charge in [-0.2, -0.15) is 0 Å². The molecule has 0 saturated heterocycles. The Hall–Kier alpha value is -2.08. The first-order chi connectivity index (χ1) is 9.72. The second-order valence-corrected chi connectivity index (χ2v) is 4.61. The van der Waals surface area contributed by atoms with Crippen LogP contribution in [0.3, 0.4) is 0 Å². The number of nitrogens with zero attached hydrogens (tertiary/aromatic N) is 3. The van der Waals surface area contributed by atoms with Crippen molar-refractivity contribution in [1.29, 1.82) is 0 Å². The molecule has 0 fully saturated rings. The molecule has 2 rings (SSSR count). The van der Waals surface area contributed by atoms with E-state index in [4.69, 9.17) is 9.84 Å². The largest absolute Gasteiger partial charge is 0.495 e. The van der Waals surface area contributed by atoms with Gasteiger partial charge in [0.15, 0.2) is 0 Å². The molecule has 1 heterocycles. The van der Waals surface area contributed by atoms with Crippen LogP contribution in [-0.4, -0.2) is 33.8 Å². The monoisotopic (exact) mass is 276 g/mol. The third-order valence-electron chi connectivity index (χ3n) is 2.95. The summed E-state index contributed by atoms with van der Waals surface area (Å²) in [5, 5.41) is 20.2. The molecule has 6 heteroatoms. The van der Waals surface area contributed by atoms with Gasteiger partial charge in [-0.3, -0.25) is 4.68 Å². The Morgan fingerprint density at radius 3 is 3.00 bits per heavy atom. The van der Waals surface area contributed by atoms with Gasteiger partial charge in [-0.1, -0.05) is 11.3 Å². The lowest BCUT2D eigenvalue weighted by Crippen LogP contribution is -2.02. The van der Waals surface area contributed by atoms with E-state index in [1.807, 2.05) is 31.3 Å². The normalized spacial score (nSPS) is 10.6. The molecule has 2 N–H and O–H groups in total. The number of aliphatic hydroxyl groups excluding tert-OH is 1. The van der Waals surface area contributed by atoms with Crippen molar-refractivity contribution < 1.29 is 9.84 Å². The zero-order chi connectivity index (χ0) is 14.4. The molecule has 0 aliphatic carbocycles. The van der Waals surface area contributed by atoms with E-state index in [0.29, 0.717) is 19.5 Å². The molecule has 108 valence electrons. The highest BCUT2D eigenvalue weighted by atomic mass is 16.5. The summed E-state index contributed by atoms with van der Waals surface area (Å²) in [4.78, 5) is 0. The van der Waals surface area contributed by atoms with Crippen molar-refractivity contribution in [2.45, 2.75) is 26.4 Å². The van der Waals surface area contributed by atoms with E-state index in [0.717, 1.165) is 17.1 Å². The van der Waals surface area contributed by atoms with Crippen LogP contribution < -0.4 is 10.1 Å². The maximum absolute atomic E-state index is 8.78. The second kappa shape index (κ2) is 6.91. The van der Waals surface area contributed by atoms with Crippen LogP contribution in [0.15, 0.2) is 24.4 Å². The fourth-order valence-electron chi connectivity index (χ4n) is 1.91. The fraction of sp³-hybridized carbons (Fsp3) is 0.429. The third-order valence-corrected chi connectivity index (χ3v) is 2.95. The molecule has 0 bridgehead atoms. The summed E-state index contributed by atoms with van der Waals surface area (Å²) in [6.45, 7) is 3.46. The Labute approximate surface area is 118 Å². The van der Waals surface area contributed by atoms with Crippen molar-refractivity contribution in [3.63, 3.8) is 0 Å². The van der Waals surface area contributed by atoms with E-state index in [9.17, 15) is 0 Å². The highest BCUT2D eigenvalue weighted by Crippen LogP contribution is 2.25. The van der Waals surface area contributed by atoms with E-state index in [2.05, 4.69) is 15.6 Å². The van der Waals surface area contributed by atoms with Gasteiger partial charge in [0.25, 0.3) is 0 Å². The summed E-state index contributed by atoms with van der Waals surface area (Å²) < 4.78 is 7.05. The van der Waals surface area contributed by atoms with Gasteiger partial charge in [0.05, 0.1) is 25.5 Å². The van der Waals surface area contributed by atoms with Crippen LogP contribution in [0.2, 0.25) is 0 Å². The van der Waals surface area contributed by atoms with Crippen LogP contribution >= 0.6 is 0 Å². The topological polar surface area (TPSA) is 72.2 Å². The van der Waals surface area contributed by atoms with Crippen molar-refractivity contribution in [1.82, 2.24) is 15.0 Å². The smallest absolute Gasteiger partial charge is 0.141 e. The molecule has 0 unspecified atom stereocenters. The van der Waals surface area contributed by atoms with E-state index >= 15 is 0 Å². The average molecular weight is 276 g/mol. The summed E-state index contributed by atoms with van der Waals surface area (Å²) in [6, 6.07) is 5.99. The number of aryl methyl sites for hydroxylation is 2. The van der Waals surface area contributed by atoms with Crippen LogP contribution in [0.1, 0.15) is 17.7 Å². The molecule has 6 nitrogen and oxygen atoms in total. The Morgan fingerprint density at radius 1 is 1.40 bits per heavy atom. The maximum Gasteiger partial charge on any atom is 0.141 e. The van der Waals surface area contributed by atoms with Crippen molar-refractivity contribution in [3.05, 3.63) is 35.7 Å². The van der Waals surface area contributed by atoms with E-state index in [-0.39, 0.29) is 6.61 Å². The predicted octanol–water partition coefficient (Wildman–Crippen LogP) is 1.59. The number of rotatable bonds is 7.